The average molecular weight is 340 g/mol. The fourth-order valence-corrected chi connectivity index (χ4v) is 3.70. The van der Waals surface area contributed by atoms with E-state index >= 15 is 0 Å². The molecule has 1 aromatic carbocycles. The molecule has 2 saturated heterocycles. The van der Waals surface area contributed by atoms with Crippen molar-refractivity contribution in [1.29, 1.82) is 0 Å². The maximum absolute atomic E-state index is 11.9. The SMILES string of the molecule is NC(=O)c1cc(N2CCCC3(CC2)CNC(=O)O3)nc2ccccc12. The van der Waals surface area contributed by atoms with Gasteiger partial charge in [0.15, 0.2) is 0 Å². The van der Waals surface area contributed by atoms with Crippen molar-refractivity contribution in [2.75, 3.05) is 24.5 Å². The summed E-state index contributed by atoms with van der Waals surface area (Å²) >= 11 is 0. The Bertz CT molecular complexity index is 853. The average Bonchev–Trinajstić information content (AvgIpc) is 2.84. The van der Waals surface area contributed by atoms with Gasteiger partial charge in [-0.15, -0.1) is 0 Å². The number of nitrogens with one attached hydrogen (secondary N) is 1. The Balaban J connectivity index is 1.65. The molecule has 1 unspecified atom stereocenters. The number of rotatable bonds is 2. The number of fused-ring (bicyclic) bond motifs is 1. The molecular formula is C18H20N4O3. The minimum absolute atomic E-state index is 0.340. The lowest BCUT2D eigenvalue weighted by Crippen LogP contribution is -2.35. The lowest BCUT2D eigenvalue weighted by Gasteiger charge is -2.25. The molecule has 2 fully saturated rings. The first-order chi connectivity index (χ1) is 12.1. The summed E-state index contributed by atoms with van der Waals surface area (Å²) < 4.78 is 5.51. The highest BCUT2D eigenvalue weighted by molar-refractivity contribution is 6.06. The topological polar surface area (TPSA) is 97.6 Å². The molecule has 2 aromatic rings. The van der Waals surface area contributed by atoms with Crippen molar-refractivity contribution in [3.63, 3.8) is 0 Å². The van der Waals surface area contributed by atoms with Gasteiger partial charge in [0.05, 0.1) is 17.6 Å². The largest absolute Gasteiger partial charge is 0.441 e. The number of hydrogen-bond donors (Lipinski definition) is 2. The Hall–Kier alpha value is -2.83. The van der Waals surface area contributed by atoms with Gasteiger partial charge in [-0.05, 0) is 25.0 Å². The van der Waals surface area contributed by atoms with E-state index in [1.807, 2.05) is 24.3 Å². The second kappa shape index (κ2) is 5.91. The fraction of sp³-hybridized carbons (Fsp3) is 0.389. The number of carbonyl (C=O) groups is 2. The number of primary amides is 1. The van der Waals surface area contributed by atoms with Crippen LogP contribution in [0.15, 0.2) is 30.3 Å². The molecule has 2 aliphatic heterocycles. The van der Waals surface area contributed by atoms with Gasteiger partial charge in [0.2, 0.25) is 5.91 Å². The summed E-state index contributed by atoms with van der Waals surface area (Å²) in [6.45, 7) is 2.05. The van der Waals surface area contributed by atoms with Gasteiger partial charge in [-0.3, -0.25) is 4.79 Å². The highest BCUT2D eigenvalue weighted by atomic mass is 16.6. The zero-order chi connectivity index (χ0) is 17.4. The van der Waals surface area contributed by atoms with Crippen LogP contribution in [-0.2, 0) is 4.74 Å². The number of carbonyl (C=O) groups excluding carboxylic acids is 2. The van der Waals surface area contributed by atoms with Crippen LogP contribution in [0.4, 0.5) is 10.6 Å². The maximum Gasteiger partial charge on any atom is 0.407 e. The standard InChI is InChI=1S/C18H20N4O3/c19-16(23)13-10-15(21-14-5-2-1-4-12(13)14)22-8-3-6-18(7-9-22)11-20-17(24)25-18/h1-2,4-5,10H,3,6-9,11H2,(H2,19,23)(H,20,24). The van der Waals surface area contributed by atoms with Gasteiger partial charge >= 0.3 is 6.09 Å². The van der Waals surface area contributed by atoms with Gasteiger partial charge in [-0.2, -0.15) is 0 Å². The monoisotopic (exact) mass is 340 g/mol. The second-order valence-corrected chi connectivity index (χ2v) is 6.68. The van der Waals surface area contributed by atoms with E-state index < -0.39 is 11.5 Å². The summed E-state index contributed by atoms with van der Waals surface area (Å²) in [6.07, 6.45) is 2.09. The molecule has 4 rings (SSSR count). The maximum atomic E-state index is 11.9. The Morgan fingerprint density at radius 1 is 1.28 bits per heavy atom. The quantitative estimate of drug-likeness (QED) is 0.869. The molecule has 0 aliphatic carbocycles. The van der Waals surface area contributed by atoms with E-state index in [1.54, 1.807) is 6.07 Å². The molecule has 3 N–H and O–H groups in total. The summed E-state index contributed by atoms with van der Waals surface area (Å²) in [5.74, 6) is 0.280. The third kappa shape index (κ3) is 2.86. The number of alkyl carbamates (subject to hydrolysis) is 1. The zero-order valence-electron chi connectivity index (χ0n) is 13.8. The van der Waals surface area contributed by atoms with Crippen molar-refractivity contribution >= 4 is 28.7 Å². The highest BCUT2D eigenvalue weighted by Gasteiger charge is 2.41. The number of aromatic nitrogens is 1. The van der Waals surface area contributed by atoms with E-state index in [4.69, 9.17) is 15.5 Å². The molecule has 1 aromatic heterocycles. The van der Waals surface area contributed by atoms with E-state index in [0.29, 0.717) is 18.7 Å². The van der Waals surface area contributed by atoms with Crippen molar-refractivity contribution in [3.05, 3.63) is 35.9 Å². The van der Waals surface area contributed by atoms with E-state index in [2.05, 4.69) is 10.2 Å². The number of amides is 2. The minimum atomic E-state index is -0.458. The van der Waals surface area contributed by atoms with E-state index in [0.717, 1.165) is 42.5 Å². The van der Waals surface area contributed by atoms with Gasteiger partial charge in [0.25, 0.3) is 0 Å². The van der Waals surface area contributed by atoms with Gasteiger partial charge in [0, 0.05) is 24.9 Å². The Kier molecular flexibility index (Phi) is 3.71. The van der Waals surface area contributed by atoms with Gasteiger partial charge in [-0.1, -0.05) is 18.2 Å². The smallest absolute Gasteiger partial charge is 0.407 e. The number of hydrogen-bond acceptors (Lipinski definition) is 5. The number of nitrogens with two attached hydrogens (primary N) is 1. The number of nitrogens with zero attached hydrogens (tertiary/aromatic N) is 2. The summed E-state index contributed by atoms with van der Waals surface area (Å²) in [5, 5.41) is 3.52. The summed E-state index contributed by atoms with van der Waals surface area (Å²) in [4.78, 5) is 30.2. The number of anilines is 1. The molecule has 2 aliphatic rings. The molecule has 0 radical (unpaired) electrons. The van der Waals surface area contributed by atoms with E-state index in [1.165, 1.54) is 0 Å². The predicted molar refractivity (Wildman–Crippen MR) is 93.5 cm³/mol. The van der Waals surface area contributed by atoms with Crippen LogP contribution in [-0.4, -0.2) is 42.2 Å². The molecule has 130 valence electrons. The van der Waals surface area contributed by atoms with Crippen LogP contribution in [0.25, 0.3) is 10.9 Å². The van der Waals surface area contributed by atoms with Gasteiger partial charge in [0.1, 0.15) is 11.4 Å². The molecule has 0 bridgehead atoms. The van der Waals surface area contributed by atoms with Crippen molar-refractivity contribution < 1.29 is 14.3 Å². The van der Waals surface area contributed by atoms with Crippen molar-refractivity contribution in [2.45, 2.75) is 24.9 Å². The van der Waals surface area contributed by atoms with Gasteiger partial charge in [-0.25, -0.2) is 9.78 Å². The minimum Gasteiger partial charge on any atom is -0.441 e. The Morgan fingerprint density at radius 2 is 2.12 bits per heavy atom. The third-order valence-electron chi connectivity index (χ3n) is 5.05. The highest BCUT2D eigenvalue weighted by Crippen LogP contribution is 2.31. The lowest BCUT2D eigenvalue weighted by atomic mass is 9.95. The number of benzene rings is 1. The van der Waals surface area contributed by atoms with Crippen LogP contribution in [0.1, 0.15) is 29.6 Å². The first kappa shape index (κ1) is 15.7. The van der Waals surface area contributed by atoms with Crippen molar-refractivity contribution in [2.24, 2.45) is 5.73 Å². The molecule has 3 heterocycles. The fourth-order valence-electron chi connectivity index (χ4n) is 3.70. The Labute approximate surface area is 145 Å². The van der Waals surface area contributed by atoms with Crippen LogP contribution in [0.5, 0.6) is 0 Å². The Morgan fingerprint density at radius 3 is 2.88 bits per heavy atom. The molecule has 7 heteroatoms. The zero-order valence-corrected chi connectivity index (χ0v) is 13.8. The van der Waals surface area contributed by atoms with Crippen molar-refractivity contribution in [1.82, 2.24) is 10.3 Å². The number of para-hydroxylation sites is 1. The first-order valence-corrected chi connectivity index (χ1v) is 8.48. The molecular weight excluding hydrogens is 320 g/mol. The van der Waals surface area contributed by atoms with Crippen molar-refractivity contribution in [3.8, 4) is 0 Å². The summed E-state index contributed by atoms with van der Waals surface area (Å²) in [6, 6.07) is 9.26. The number of ether oxygens (including phenoxy) is 1. The van der Waals surface area contributed by atoms with Gasteiger partial charge < -0.3 is 20.7 Å². The molecule has 0 saturated carbocycles. The van der Waals surface area contributed by atoms with Crippen LogP contribution >= 0.6 is 0 Å². The summed E-state index contributed by atoms with van der Waals surface area (Å²) in [7, 11) is 0. The first-order valence-electron chi connectivity index (χ1n) is 8.48. The van der Waals surface area contributed by atoms with E-state index in [-0.39, 0.29) is 6.09 Å². The lowest BCUT2D eigenvalue weighted by molar-refractivity contribution is 0.0473. The van der Waals surface area contributed by atoms with Crippen LogP contribution in [0, 0.1) is 0 Å². The third-order valence-corrected chi connectivity index (χ3v) is 5.05. The second-order valence-electron chi connectivity index (χ2n) is 6.68. The van der Waals surface area contributed by atoms with Crippen LogP contribution < -0.4 is 16.0 Å². The molecule has 25 heavy (non-hydrogen) atoms. The summed E-state index contributed by atoms with van der Waals surface area (Å²) in [5.41, 5.74) is 6.38. The molecule has 2 amide bonds. The van der Waals surface area contributed by atoms with Crippen LogP contribution in [0.3, 0.4) is 0 Å². The number of pyridine rings is 1. The van der Waals surface area contributed by atoms with Crippen LogP contribution in [0.2, 0.25) is 0 Å². The molecule has 1 atom stereocenters. The normalized spacial score (nSPS) is 23.4. The molecule has 7 nitrogen and oxygen atoms in total. The predicted octanol–water partition coefficient (Wildman–Crippen LogP) is 1.80. The van der Waals surface area contributed by atoms with E-state index in [9.17, 15) is 9.59 Å². The molecule has 1 spiro atoms.